The van der Waals surface area contributed by atoms with E-state index in [0.29, 0.717) is 26.7 Å². The third-order valence-electron chi connectivity index (χ3n) is 3.53. The Balaban J connectivity index is 2.00. The molecule has 0 aliphatic heterocycles. The Kier molecular flexibility index (Phi) is 6.96. The van der Waals surface area contributed by atoms with Crippen molar-refractivity contribution in [2.75, 3.05) is 20.8 Å². The molecule has 1 amide bonds. The first-order chi connectivity index (χ1) is 11.9. The Bertz CT molecular complexity index is 754. The van der Waals surface area contributed by atoms with E-state index in [-0.39, 0.29) is 18.6 Å². The van der Waals surface area contributed by atoms with Crippen LogP contribution in [0.3, 0.4) is 0 Å². The zero-order chi connectivity index (χ0) is 18.4. The highest BCUT2D eigenvalue weighted by Crippen LogP contribution is 2.30. The summed E-state index contributed by atoms with van der Waals surface area (Å²) in [6, 6.07) is 10.3. The van der Waals surface area contributed by atoms with Gasteiger partial charge in [0.1, 0.15) is 17.2 Å². The predicted octanol–water partition coefficient (Wildman–Crippen LogP) is 4.38. The molecule has 1 N–H and O–H groups in total. The number of benzene rings is 2. The van der Waals surface area contributed by atoms with Gasteiger partial charge in [-0.25, -0.2) is 0 Å². The summed E-state index contributed by atoms with van der Waals surface area (Å²) in [4.78, 5) is 12.2. The molecule has 7 heteroatoms. The average Bonchev–Trinajstić information content (AvgIpc) is 2.60. The molecule has 25 heavy (non-hydrogen) atoms. The third kappa shape index (κ3) is 5.28. The average molecular weight is 429 g/mol. The van der Waals surface area contributed by atoms with Crippen molar-refractivity contribution in [1.82, 2.24) is 5.32 Å². The van der Waals surface area contributed by atoms with Crippen LogP contribution in [0.5, 0.6) is 17.2 Å². The molecule has 0 bridgehead atoms. The molecule has 2 rings (SSSR count). The van der Waals surface area contributed by atoms with Crippen LogP contribution in [0.2, 0.25) is 5.02 Å². The molecule has 134 valence electrons. The van der Waals surface area contributed by atoms with Crippen LogP contribution in [-0.2, 0) is 4.79 Å². The smallest absolute Gasteiger partial charge is 0.258 e. The maximum atomic E-state index is 12.2. The van der Waals surface area contributed by atoms with Crippen LogP contribution in [0, 0.1) is 0 Å². The molecule has 0 fully saturated rings. The SMILES string of the molecule is COc1ccc(OC)c([C@H](C)NC(=O)COc2ccc(Cl)cc2Br)c1. The first-order valence-electron chi connectivity index (χ1n) is 7.53. The summed E-state index contributed by atoms with van der Waals surface area (Å²) in [5, 5.41) is 3.47. The number of halogens is 2. The Morgan fingerprint density at radius 1 is 1.16 bits per heavy atom. The number of nitrogens with one attached hydrogen (secondary N) is 1. The second kappa shape index (κ2) is 8.97. The summed E-state index contributed by atoms with van der Waals surface area (Å²) in [5.74, 6) is 1.67. The largest absolute Gasteiger partial charge is 0.497 e. The number of methoxy groups -OCH3 is 2. The minimum atomic E-state index is -0.269. The molecule has 0 aliphatic carbocycles. The summed E-state index contributed by atoms with van der Waals surface area (Å²) in [7, 11) is 3.17. The molecular formula is C18H19BrClNO4. The van der Waals surface area contributed by atoms with Crippen molar-refractivity contribution in [3.05, 3.63) is 51.5 Å². The quantitative estimate of drug-likeness (QED) is 0.711. The molecule has 0 saturated heterocycles. The van der Waals surface area contributed by atoms with E-state index in [1.165, 1.54) is 0 Å². The first kappa shape index (κ1) is 19.4. The molecule has 5 nitrogen and oxygen atoms in total. The highest BCUT2D eigenvalue weighted by Gasteiger charge is 2.16. The minimum Gasteiger partial charge on any atom is -0.497 e. The van der Waals surface area contributed by atoms with E-state index in [9.17, 15) is 4.79 Å². The molecular weight excluding hydrogens is 410 g/mol. The number of carbonyl (C=O) groups excluding carboxylic acids is 1. The summed E-state index contributed by atoms with van der Waals surface area (Å²) in [6.07, 6.45) is 0. The molecule has 0 aromatic heterocycles. The highest BCUT2D eigenvalue weighted by atomic mass is 79.9. The Labute approximate surface area is 160 Å². The number of ether oxygens (including phenoxy) is 3. The summed E-state index contributed by atoms with van der Waals surface area (Å²) in [6.45, 7) is 1.75. The maximum absolute atomic E-state index is 12.2. The Morgan fingerprint density at radius 2 is 1.88 bits per heavy atom. The number of hydrogen-bond donors (Lipinski definition) is 1. The molecule has 0 saturated carbocycles. The predicted molar refractivity (Wildman–Crippen MR) is 101 cm³/mol. The van der Waals surface area contributed by atoms with Gasteiger partial charge in [-0.2, -0.15) is 0 Å². The van der Waals surface area contributed by atoms with E-state index in [1.807, 2.05) is 13.0 Å². The summed E-state index contributed by atoms with van der Waals surface area (Å²) < 4.78 is 16.8. The van der Waals surface area contributed by atoms with Crippen LogP contribution in [0.4, 0.5) is 0 Å². The van der Waals surface area contributed by atoms with Gasteiger partial charge < -0.3 is 19.5 Å². The molecule has 1 atom stereocenters. The molecule has 0 heterocycles. The van der Waals surface area contributed by atoms with Gasteiger partial charge in [-0.05, 0) is 59.3 Å². The van der Waals surface area contributed by atoms with Crippen molar-refractivity contribution in [3.63, 3.8) is 0 Å². The first-order valence-corrected chi connectivity index (χ1v) is 8.70. The fourth-order valence-electron chi connectivity index (χ4n) is 2.27. The van der Waals surface area contributed by atoms with Gasteiger partial charge >= 0.3 is 0 Å². The van der Waals surface area contributed by atoms with Crippen LogP contribution >= 0.6 is 27.5 Å². The van der Waals surface area contributed by atoms with Crippen LogP contribution in [0.1, 0.15) is 18.5 Å². The van der Waals surface area contributed by atoms with Gasteiger partial charge in [0.05, 0.1) is 24.7 Å². The number of amides is 1. The number of carbonyl (C=O) groups is 1. The van der Waals surface area contributed by atoms with Gasteiger partial charge in [0.2, 0.25) is 0 Å². The van der Waals surface area contributed by atoms with E-state index in [1.54, 1.807) is 44.6 Å². The maximum Gasteiger partial charge on any atom is 0.258 e. The fraction of sp³-hybridized carbons (Fsp3) is 0.278. The summed E-state index contributed by atoms with van der Waals surface area (Å²) in [5.41, 5.74) is 0.822. The van der Waals surface area contributed by atoms with E-state index in [2.05, 4.69) is 21.2 Å². The lowest BCUT2D eigenvalue weighted by atomic mass is 10.1. The molecule has 0 spiro atoms. The Hall–Kier alpha value is -1.92. The zero-order valence-corrected chi connectivity index (χ0v) is 16.5. The van der Waals surface area contributed by atoms with Gasteiger partial charge in [0.25, 0.3) is 5.91 Å². The van der Waals surface area contributed by atoms with Crippen molar-refractivity contribution >= 4 is 33.4 Å². The van der Waals surface area contributed by atoms with Crippen molar-refractivity contribution in [2.45, 2.75) is 13.0 Å². The molecule has 0 radical (unpaired) electrons. The lowest BCUT2D eigenvalue weighted by Gasteiger charge is -2.18. The van der Waals surface area contributed by atoms with Gasteiger partial charge in [0.15, 0.2) is 6.61 Å². The lowest BCUT2D eigenvalue weighted by Crippen LogP contribution is -2.31. The second-order valence-electron chi connectivity index (χ2n) is 5.26. The molecule has 0 unspecified atom stereocenters. The normalized spacial score (nSPS) is 11.6. The van der Waals surface area contributed by atoms with Crippen LogP contribution in [0.15, 0.2) is 40.9 Å². The van der Waals surface area contributed by atoms with Gasteiger partial charge in [-0.3, -0.25) is 4.79 Å². The van der Waals surface area contributed by atoms with Gasteiger partial charge in [-0.1, -0.05) is 11.6 Å². The monoisotopic (exact) mass is 427 g/mol. The zero-order valence-electron chi connectivity index (χ0n) is 14.1. The van der Waals surface area contributed by atoms with E-state index < -0.39 is 0 Å². The standard InChI is InChI=1S/C18H19BrClNO4/c1-11(14-9-13(23-2)5-7-16(14)24-3)21-18(22)10-25-17-6-4-12(20)8-15(17)19/h4-9,11H,10H2,1-3H3,(H,21,22)/t11-/m0/s1. The Morgan fingerprint density at radius 3 is 2.52 bits per heavy atom. The van der Waals surface area contributed by atoms with Gasteiger partial charge in [-0.15, -0.1) is 0 Å². The van der Waals surface area contributed by atoms with Crippen molar-refractivity contribution < 1.29 is 19.0 Å². The molecule has 2 aromatic carbocycles. The minimum absolute atomic E-state index is 0.114. The molecule has 0 aliphatic rings. The van der Waals surface area contributed by atoms with Crippen molar-refractivity contribution in [2.24, 2.45) is 0 Å². The highest BCUT2D eigenvalue weighted by molar-refractivity contribution is 9.10. The van der Waals surface area contributed by atoms with E-state index >= 15 is 0 Å². The topological polar surface area (TPSA) is 56.8 Å². The van der Waals surface area contributed by atoms with E-state index in [0.717, 1.165) is 5.56 Å². The van der Waals surface area contributed by atoms with Crippen LogP contribution in [-0.4, -0.2) is 26.7 Å². The number of rotatable bonds is 7. The lowest BCUT2D eigenvalue weighted by molar-refractivity contribution is -0.123. The summed E-state index contributed by atoms with van der Waals surface area (Å²) >= 11 is 9.23. The fourth-order valence-corrected chi connectivity index (χ4v) is 3.07. The van der Waals surface area contributed by atoms with Crippen molar-refractivity contribution in [3.8, 4) is 17.2 Å². The molecule has 2 aromatic rings. The van der Waals surface area contributed by atoms with Crippen LogP contribution < -0.4 is 19.5 Å². The number of hydrogen-bond acceptors (Lipinski definition) is 4. The van der Waals surface area contributed by atoms with Gasteiger partial charge in [0, 0.05) is 10.6 Å². The van der Waals surface area contributed by atoms with Crippen LogP contribution in [0.25, 0.3) is 0 Å². The second-order valence-corrected chi connectivity index (χ2v) is 6.55. The van der Waals surface area contributed by atoms with E-state index in [4.69, 9.17) is 25.8 Å². The van der Waals surface area contributed by atoms with Crippen molar-refractivity contribution in [1.29, 1.82) is 0 Å². The third-order valence-corrected chi connectivity index (χ3v) is 4.39.